The molecular weight excluding hydrogens is 117 g/mol. The molecule has 0 amide bonds. The molecule has 0 spiro atoms. The van der Waals surface area contributed by atoms with Gasteiger partial charge in [0.25, 0.3) is 0 Å². The topological polar surface area (TPSA) is 77.8 Å². The molecule has 0 saturated heterocycles. The molecule has 0 aliphatic rings. The van der Waals surface area contributed by atoms with Crippen LogP contribution in [0.3, 0.4) is 0 Å². The van der Waals surface area contributed by atoms with E-state index in [1.807, 2.05) is 6.92 Å². The first-order valence-electron chi connectivity index (χ1n) is 2.64. The van der Waals surface area contributed by atoms with Crippen molar-refractivity contribution >= 4 is 27.9 Å². The molecule has 0 aliphatic carbocycles. The smallest absolute Gasteiger partial charge is 0.412 e. The van der Waals surface area contributed by atoms with Crippen LogP contribution in [-0.4, -0.2) is 48.9 Å². The third-order valence-corrected chi connectivity index (χ3v) is 0.224. The molecule has 0 saturated carbocycles. The Morgan fingerprint density at radius 1 is 1.62 bits per heavy atom. The third-order valence-electron chi connectivity index (χ3n) is 0.224. The van der Waals surface area contributed by atoms with Crippen LogP contribution in [0.2, 0.25) is 0 Å². The van der Waals surface area contributed by atoms with Crippen LogP contribution < -0.4 is 5.73 Å². The Kier molecular flexibility index (Phi) is 49.4. The predicted molar refractivity (Wildman–Crippen MR) is 35.8 cm³/mol. The summed E-state index contributed by atoms with van der Waals surface area (Å²) in [5.41, 5.74) is 4.91. The number of aliphatic hydroxyl groups is 1. The molecule has 8 heavy (non-hydrogen) atoms. The summed E-state index contributed by atoms with van der Waals surface area (Å²) in [5.74, 6) is 0. The Bertz CT molecular complexity index is 21.5. The summed E-state index contributed by atoms with van der Waals surface area (Å²) >= 11 is 1.15. The summed E-state index contributed by atoms with van der Waals surface area (Å²) < 4.78 is 0.889. The van der Waals surface area contributed by atoms with Crippen LogP contribution >= 0.6 is 0 Å². The van der Waals surface area contributed by atoms with Gasteiger partial charge in [-0.2, -0.15) is 0 Å². The van der Waals surface area contributed by atoms with Gasteiger partial charge in [-0.05, 0) is 6.42 Å². The Hall–Kier alpha value is 0.880. The molecule has 3 nitrogen and oxygen atoms in total. The minimum Gasteiger partial charge on any atom is -0.412 e. The van der Waals surface area contributed by atoms with Gasteiger partial charge in [-0.1, -0.05) is 6.92 Å². The van der Waals surface area contributed by atoms with Crippen LogP contribution in [0, 0.1) is 0 Å². The molecule has 0 bridgehead atoms. The van der Waals surface area contributed by atoms with Crippen LogP contribution in [0.25, 0.3) is 0 Å². The van der Waals surface area contributed by atoms with Gasteiger partial charge in [0.2, 0.25) is 0 Å². The molecule has 48 valence electrons. The maximum Gasteiger partial charge on any atom is -0.412 e. The van der Waals surface area contributed by atoms with Gasteiger partial charge in [-0.15, -0.1) is 0 Å². The Morgan fingerprint density at radius 3 is 1.75 bits per heavy atom. The van der Waals surface area contributed by atoms with Crippen molar-refractivity contribution in [1.29, 1.82) is 0 Å². The standard InChI is InChI=1S/C3H8O.CH4N.Na.H2O/c1-2-3-4;1-2;;/h4H,2-3H2,1H3;1-2H2;;1H2. The minimum atomic E-state index is 0. The molecule has 0 radical (unpaired) electrons. The Balaban J connectivity index is -0.0000000575. The molecule has 0 heterocycles. The van der Waals surface area contributed by atoms with Crippen molar-refractivity contribution in [2.45, 2.75) is 13.3 Å². The fourth-order valence-corrected chi connectivity index (χ4v) is 0. The van der Waals surface area contributed by atoms with Crippen molar-refractivity contribution in [3.63, 3.8) is 0 Å². The summed E-state index contributed by atoms with van der Waals surface area (Å²) in [4.78, 5) is 0. The van der Waals surface area contributed by atoms with E-state index in [9.17, 15) is 0 Å². The molecule has 0 rings (SSSR count). The second kappa shape index (κ2) is 24.8. The van der Waals surface area contributed by atoms with Gasteiger partial charge in [0.05, 0.1) is 0 Å². The van der Waals surface area contributed by atoms with E-state index >= 15 is 0 Å². The first-order valence-corrected chi connectivity index (χ1v) is 4.05. The number of hydrogen-bond donors (Lipinski definition) is 2. The zero-order valence-electron chi connectivity index (χ0n) is 5.65. The molecule has 0 aromatic heterocycles. The zero-order chi connectivity index (χ0) is 6.12. The van der Waals surface area contributed by atoms with Crippen LogP contribution in [-0.2, 0) is 0 Å². The fourth-order valence-electron chi connectivity index (χ4n) is 0. The molecule has 4 heteroatoms. The fraction of sp³-hybridized carbons (Fsp3) is 1.00. The summed E-state index contributed by atoms with van der Waals surface area (Å²) in [6, 6.07) is 0. The van der Waals surface area contributed by atoms with E-state index in [2.05, 4.69) is 0 Å². The summed E-state index contributed by atoms with van der Waals surface area (Å²) in [6.45, 7) is 2.25. The van der Waals surface area contributed by atoms with Gasteiger partial charge in [-0.25, -0.2) is 0 Å². The quantitative estimate of drug-likeness (QED) is 0.431. The molecule has 0 aromatic carbocycles. The van der Waals surface area contributed by atoms with E-state index in [4.69, 9.17) is 10.8 Å². The largest absolute Gasteiger partial charge is 0.412 e. The van der Waals surface area contributed by atoms with Crippen molar-refractivity contribution in [2.75, 3.05) is 10.4 Å². The van der Waals surface area contributed by atoms with Crippen molar-refractivity contribution < 1.29 is 10.6 Å². The van der Waals surface area contributed by atoms with Crippen LogP contribution in [0.15, 0.2) is 0 Å². The van der Waals surface area contributed by atoms with E-state index in [-0.39, 0.29) is 5.48 Å². The number of hydrogen-bond acceptors (Lipinski definition) is 2. The summed E-state index contributed by atoms with van der Waals surface area (Å²) in [5, 5.41) is 7.88. The monoisotopic (exact) mass is 131 g/mol. The van der Waals surface area contributed by atoms with Gasteiger partial charge in [-0.3, -0.25) is 0 Å². The Labute approximate surface area is 68.0 Å². The molecule has 0 fully saturated rings. The summed E-state index contributed by atoms with van der Waals surface area (Å²) in [6.07, 6.45) is 0.875. The van der Waals surface area contributed by atoms with Gasteiger partial charge in [0, 0.05) is 6.61 Å². The second-order valence-electron chi connectivity index (χ2n) is 1.13. The zero-order valence-corrected chi connectivity index (χ0v) is 7.65. The van der Waals surface area contributed by atoms with E-state index in [0.29, 0.717) is 6.61 Å². The maximum atomic E-state index is 7.88. The van der Waals surface area contributed by atoms with Gasteiger partial charge >= 0.3 is 37.5 Å². The van der Waals surface area contributed by atoms with E-state index in [1.54, 1.807) is 0 Å². The van der Waals surface area contributed by atoms with Crippen molar-refractivity contribution in [3.05, 3.63) is 0 Å². The van der Waals surface area contributed by atoms with Gasteiger partial charge < -0.3 is 10.6 Å². The third kappa shape index (κ3) is 67.3. The Morgan fingerprint density at radius 2 is 1.75 bits per heavy atom. The van der Waals surface area contributed by atoms with Crippen molar-refractivity contribution in [3.8, 4) is 0 Å². The molecule has 5 N–H and O–H groups in total. The second-order valence-corrected chi connectivity index (χ2v) is 1.95. The molecule has 0 atom stereocenters. The van der Waals surface area contributed by atoms with Gasteiger partial charge in [0.15, 0.2) is 0 Å². The SMILES string of the molecule is CCCO.N[CH2][Na].O. The summed E-state index contributed by atoms with van der Waals surface area (Å²) in [7, 11) is 0. The van der Waals surface area contributed by atoms with E-state index < -0.39 is 0 Å². The molecule has 0 aromatic rings. The minimum absolute atomic E-state index is 0. The van der Waals surface area contributed by atoms with Gasteiger partial charge in [0.1, 0.15) is 0 Å². The van der Waals surface area contributed by atoms with E-state index in [1.165, 1.54) is 0 Å². The first-order chi connectivity index (χ1) is 3.33. The average Bonchev–Trinajstić information content (AvgIpc) is 1.69. The van der Waals surface area contributed by atoms with Crippen LogP contribution in [0.5, 0.6) is 0 Å². The number of rotatable bonds is 1. The van der Waals surface area contributed by atoms with Crippen LogP contribution in [0.1, 0.15) is 13.3 Å². The van der Waals surface area contributed by atoms with Crippen molar-refractivity contribution in [1.82, 2.24) is 0 Å². The molecule has 0 aliphatic heterocycles. The average molecular weight is 131 g/mol. The van der Waals surface area contributed by atoms with Crippen LogP contribution in [0.4, 0.5) is 0 Å². The predicted octanol–water partition coefficient (Wildman–Crippen LogP) is -1.36. The number of aliphatic hydroxyl groups excluding tert-OH is 1. The maximum absolute atomic E-state index is 7.88. The first kappa shape index (κ1) is 15.9. The molecule has 0 unspecified atom stereocenters. The number of nitrogens with two attached hydrogens (primary N) is 1. The van der Waals surface area contributed by atoms with E-state index in [0.717, 1.165) is 38.1 Å². The van der Waals surface area contributed by atoms with Crippen molar-refractivity contribution in [2.24, 2.45) is 5.73 Å². The normalized spacial score (nSPS) is 6.12. The molecular formula is C4H14NNaO2.